The Morgan fingerprint density at radius 3 is 2.40 bits per heavy atom. The minimum Gasteiger partial charge on any atom is -0.398 e. The van der Waals surface area contributed by atoms with E-state index in [9.17, 15) is 13.2 Å². The normalized spacial score (nSPS) is 11.3. The second-order valence-corrected chi connectivity index (χ2v) is 6.17. The Kier molecular flexibility index (Phi) is 5.52. The average Bonchev–Trinajstić information content (AvgIpc) is 2.37. The zero-order chi connectivity index (χ0) is 15.3. The summed E-state index contributed by atoms with van der Waals surface area (Å²) in [4.78, 5) is 13.3. The van der Waals surface area contributed by atoms with Gasteiger partial charge in [0.05, 0.1) is 12.2 Å². The van der Waals surface area contributed by atoms with E-state index in [1.54, 1.807) is 17.0 Å². The van der Waals surface area contributed by atoms with Crippen LogP contribution in [-0.2, 0) is 14.8 Å². The van der Waals surface area contributed by atoms with Crippen LogP contribution >= 0.6 is 0 Å². The zero-order valence-corrected chi connectivity index (χ0v) is 12.8. The molecule has 1 aromatic rings. The molecule has 0 bridgehead atoms. The maximum Gasteiger partial charge on any atom is 0.243 e. The van der Waals surface area contributed by atoms with Gasteiger partial charge in [-0.2, -0.15) is 0 Å². The Bertz CT molecular complexity index is 581. The Labute approximate surface area is 120 Å². The molecule has 0 radical (unpaired) electrons. The van der Waals surface area contributed by atoms with Crippen LogP contribution in [0.4, 0.5) is 5.69 Å². The molecule has 20 heavy (non-hydrogen) atoms. The first kappa shape index (κ1) is 16.5. The van der Waals surface area contributed by atoms with E-state index < -0.39 is 10.0 Å². The van der Waals surface area contributed by atoms with Crippen molar-refractivity contribution in [1.82, 2.24) is 9.62 Å². The molecule has 0 heterocycles. The lowest BCUT2D eigenvalue weighted by Gasteiger charge is -2.19. The van der Waals surface area contributed by atoms with Crippen molar-refractivity contribution in [3.8, 4) is 0 Å². The molecule has 0 aliphatic heterocycles. The van der Waals surface area contributed by atoms with Gasteiger partial charge in [0, 0.05) is 13.1 Å². The predicted octanol–water partition coefficient (Wildman–Crippen LogP) is 0.724. The molecule has 0 atom stereocenters. The predicted molar refractivity (Wildman–Crippen MR) is 78.7 cm³/mol. The lowest BCUT2D eigenvalue weighted by Crippen LogP contribution is -2.40. The van der Waals surface area contributed by atoms with Crippen molar-refractivity contribution in [2.45, 2.75) is 25.7 Å². The van der Waals surface area contributed by atoms with E-state index in [0.29, 0.717) is 13.1 Å². The number of hydrogen-bond acceptors (Lipinski definition) is 4. The van der Waals surface area contributed by atoms with E-state index in [0.717, 1.165) is 5.56 Å². The highest BCUT2D eigenvalue weighted by molar-refractivity contribution is 7.89. The zero-order valence-electron chi connectivity index (χ0n) is 12.0. The first-order valence-electron chi connectivity index (χ1n) is 6.45. The number of sulfonamides is 1. The third-order valence-corrected chi connectivity index (χ3v) is 4.46. The molecule has 1 aromatic carbocycles. The highest BCUT2D eigenvalue weighted by Gasteiger charge is 2.19. The van der Waals surface area contributed by atoms with Crippen molar-refractivity contribution in [1.29, 1.82) is 0 Å². The van der Waals surface area contributed by atoms with Crippen LogP contribution in [-0.4, -0.2) is 38.9 Å². The van der Waals surface area contributed by atoms with Crippen LogP contribution in [0.5, 0.6) is 0 Å². The lowest BCUT2D eigenvalue weighted by atomic mass is 10.2. The van der Waals surface area contributed by atoms with E-state index >= 15 is 0 Å². The summed E-state index contributed by atoms with van der Waals surface area (Å²) in [5.41, 5.74) is 6.76. The molecule has 0 spiro atoms. The SMILES string of the molecule is CCN(CC)C(=O)CNS(=O)(=O)c1ccc(C)cc1N. The maximum atomic E-state index is 12.1. The van der Waals surface area contributed by atoms with Crippen LogP contribution in [0.25, 0.3) is 0 Å². The van der Waals surface area contributed by atoms with Gasteiger partial charge in [0.1, 0.15) is 4.90 Å². The molecule has 0 aliphatic rings. The van der Waals surface area contributed by atoms with Crippen LogP contribution < -0.4 is 10.5 Å². The molecule has 3 N–H and O–H groups in total. The quantitative estimate of drug-likeness (QED) is 0.757. The Morgan fingerprint density at radius 1 is 1.30 bits per heavy atom. The van der Waals surface area contributed by atoms with E-state index in [4.69, 9.17) is 5.73 Å². The second-order valence-electron chi connectivity index (χ2n) is 4.43. The van der Waals surface area contributed by atoms with Gasteiger partial charge >= 0.3 is 0 Å². The third kappa shape index (κ3) is 3.94. The summed E-state index contributed by atoms with van der Waals surface area (Å²) >= 11 is 0. The van der Waals surface area contributed by atoms with Crippen molar-refractivity contribution in [2.75, 3.05) is 25.4 Å². The number of nitrogens with one attached hydrogen (secondary N) is 1. The monoisotopic (exact) mass is 299 g/mol. The summed E-state index contributed by atoms with van der Waals surface area (Å²) < 4.78 is 26.5. The number of carbonyl (C=O) groups is 1. The van der Waals surface area contributed by atoms with Crippen LogP contribution in [0.15, 0.2) is 23.1 Å². The molecule has 1 rings (SSSR count). The molecule has 0 aliphatic carbocycles. The summed E-state index contributed by atoms with van der Waals surface area (Å²) in [5, 5.41) is 0. The molecule has 0 saturated heterocycles. The van der Waals surface area contributed by atoms with E-state index in [1.165, 1.54) is 6.07 Å². The van der Waals surface area contributed by atoms with E-state index in [2.05, 4.69) is 4.72 Å². The standard InChI is InChI=1S/C13H21N3O3S/c1-4-16(5-2)13(17)9-15-20(18,19)12-7-6-10(3)8-11(12)14/h6-8,15H,4-5,9,14H2,1-3H3. The van der Waals surface area contributed by atoms with Gasteiger partial charge in [0.25, 0.3) is 0 Å². The number of amides is 1. The van der Waals surface area contributed by atoms with Gasteiger partial charge in [0.2, 0.25) is 15.9 Å². The fourth-order valence-electron chi connectivity index (χ4n) is 1.84. The van der Waals surface area contributed by atoms with Crippen molar-refractivity contribution >= 4 is 21.6 Å². The minimum atomic E-state index is -3.78. The number of nitrogens with zero attached hydrogens (tertiary/aromatic N) is 1. The summed E-state index contributed by atoms with van der Waals surface area (Å²) in [7, 11) is -3.78. The van der Waals surface area contributed by atoms with Gasteiger partial charge < -0.3 is 10.6 Å². The van der Waals surface area contributed by atoms with Gasteiger partial charge in [-0.05, 0) is 38.5 Å². The van der Waals surface area contributed by atoms with Crippen molar-refractivity contribution in [2.24, 2.45) is 0 Å². The Balaban J connectivity index is 2.83. The molecule has 112 valence electrons. The smallest absolute Gasteiger partial charge is 0.243 e. The van der Waals surface area contributed by atoms with E-state index in [-0.39, 0.29) is 23.0 Å². The fraction of sp³-hybridized carbons (Fsp3) is 0.462. The molecule has 6 nitrogen and oxygen atoms in total. The maximum absolute atomic E-state index is 12.1. The number of nitrogens with two attached hydrogens (primary N) is 1. The number of aryl methyl sites for hydroxylation is 1. The van der Waals surface area contributed by atoms with Gasteiger partial charge in [-0.1, -0.05) is 6.07 Å². The highest BCUT2D eigenvalue weighted by Crippen LogP contribution is 2.18. The van der Waals surface area contributed by atoms with E-state index in [1.807, 2.05) is 20.8 Å². The first-order valence-corrected chi connectivity index (χ1v) is 7.93. The number of hydrogen-bond donors (Lipinski definition) is 2. The van der Waals surface area contributed by atoms with Gasteiger partial charge in [0.15, 0.2) is 0 Å². The topological polar surface area (TPSA) is 92.5 Å². The first-order chi connectivity index (χ1) is 9.31. The van der Waals surface area contributed by atoms with Crippen LogP contribution in [0.2, 0.25) is 0 Å². The number of benzene rings is 1. The largest absolute Gasteiger partial charge is 0.398 e. The Hall–Kier alpha value is -1.60. The number of anilines is 1. The molecule has 1 amide bonds. The van der Waals surface area contributed by atoms with Crippen LogP contribution in [0, 0.1) is 6.92 Å². The Morgan fingerprint density at radius 2 is 1.90 bits per heavy atom. The number of rotatable bonds is 6. The van der Waals surface area contributed by atoms with Crippen molar-refractivity contribution in [3.63, 3.8) is 0 Å². The van der Waals surface area contributed by atoms with Crippen molar-refractivity contribution < 1.29 is 13.2 Å². The molecular formula is C13H21N3O3S. The van der Waals surface area contributed by atoms with Gasteiger partial charge in [-0.25, -0.2) is 13.1 Å². The molecule has 0 aromatic heterocycles. The highest BCUT2D eigenvalue weighted by atomic mass is 32.2. The number of likely N-dealkylation sites (N-methyl/N-ethyl adjacent to an activating group) is 1. The fourth-order valence-corrected chi connectivity index (χ4v) is 2.92. The summed E-state index contributed by atoms with van der Waals surface area (Å²) in [6.07, 6.45) is 0. The molecule has 0 saturated carbocycles. The van der Waals surface area contributed by atoms with Crippen molar-refractivity contribution in [3.05, 3.63) is 23.8 Å². The molecular weight excluding hydrogens is 278 g/mol. The van der Waals surface area contributed by atoms with Gasteiger partial charge in [-0.15, -0.1) is 0 Å². The summed E-state index contributed by atoms with van der Waals surface area (Å²) in [5.74, 6) is -0.260. The third-order valence-electron chi connectivity index (χ3n) is 2.98. The van der Waals surface area contributed by atoms with Crippen LogP contribution in [0.1, 0.15) is 19.4 Å². The summed E-state index contributed by atoms with van der Waals surface area (Å²) in [6, 6.07) is 4.69. The van der Waals surface area contributed by atoms with Gasteiger partial charge in [-0.3, -0.25) is 4.79 Å². The number of nitrogen functional groups attached to an aromatic ring is 1. The molecule has 0 fully saturated rings. The molecule has 7 heteroatoms. The average molecular weight is 299 g/mol. The minimum absolute atomic E-state index is 0.00422. The van der Waals surface area contributed by atoms with Crippen LogP contribution in [0.3, 0.4) is 0 Å². The summed E-state index contributed by atoms with van der Waals surface area (Å²) in [6.45, 7) is 6.33. The lowest BCUT2D eigenvalue weighted by molar-refractivity contribution is -0.129. The molecule has 0 unspecified atom stereocenters. The number of carbonyl (C=O) groups excluding carboxylic acids is 1. The second kappa shape index (κ2) is 6.71.